The van der Waals surface area contributed by atoms with Crippen molar-refractivity contribution in [1.82, 2.24) is 4.31 Å². The lowest BCUT2D eigenvalue weighted by Crippen LogP contribution is -2.34. The molecule has 0 fully saturated rings. The Morgan fingerprint density at radius 3 is 2.60 bits per heavy atom. The monoisotopic (exact) mass is 312 g/mol. The van der Waals surface area contributed by atoms with Crippen molar-refractivity contribution in [2.75, 3.05) is 13.6 Å². The predicted molar refractivity (Wildman–Crippen MR) is 61.0 cm³/mol. The summed E-state index contributed by atoms with van der Waals surface area (Å²) in [6, 6.07) is 3.11. The molecule has 1 rings (SSSR count). The molecule has 0 aliphatic rings. The van der Waals surface area contributed by atoms with E-state index >= 15 is 0 Å². The number of carbonyl (C=O) groups excluding carboxylic acids is 1. The van der Waals surface area contributed by atoms with Gasteiger partial charge in [0, 0.05) is 7.05 Å². The highest BCUT2D eigenvalue weighted by atomic mass is 79.9. The predicted octanol–water partition coefficient (Wildman–Crippen LogP) is 0.616. The van der Waals surface area contributed by atoms with Gasteiger partial charge in [-0.3, -0.25) is 4.79 Å². The van der Waals surface area contributed by atoms with E-state index in [-0.39, 0.29) is 10.8 Å². The van der Waals surface area contributed by atoms with Crippen molar-refractivity contribution >= 4 is 43.2 Å². The van der Waals surface area contributed by atoms with E-state index in [1.165, 1.54) is 13.1 Å². The maximum atomic E-state index is 11.8. The van der Waals surface area contributed by atoms with Crippen LogP contribution in [0, 0.1) is 0 Å². The molecule has 0 spiro atoms. The molecule has 0 unspecified atom stereocenters. The standard InChI is InChI=1S/C7H9BrN2O3S2/c1-10(4-6(9)11)15(12,13)7-3-2-5(8)14-7/h2-3H,4H2,1H3,(H2,9,11). The molecule has 5 nitrogen and oxygen atoms in total. The molecule has 15 heavy (non-hydrogen) atoms. The summed E-state index contributed by atoms with van der Waals surface area (Å²) in [5.41, 5.74) is 4.92. The Hall–Kier alpha value is -0.440. The van der Waals surface area contributed by atoms with Crippen molar-refractivity contribution in [3.05, 3.63) is 15.9 Å². The molecule has 0 aromatic carbocycles. The minimum atomic E-state index is -3.59. The van der Waals surface area contributed by atoms with Crippen LogP contribution in [0.5, 0.6) is 0 Å². The van der Waals surface area contributed by atoms with Crippen molar-refractivity contribution in [3.8, 4) is 0 Å². The maximum absolute atomic E-state index is 11.8. The summed E-state index contributed by atoms with van der Waals surface area (Å²) < 4.78 is 25.4. The molecular weight excluding hydrogens is 304 g/mol. The molecule has 0 atom stereocenters. The van der Waals surface area contributed by atoms with Crippen LogP contribution in [0.1, 0.15) is 0 Å². The molecule has 1 aromatic heterocycles. The molecule has 0 bridgehead atoms. The number of rotatable bonds is 4. The fourth-order valence-electron chi connectivity index (χ4n) is 0.894. The molecule has 1 heterocycles. The van der Waals surface area contributed by atoms with E-state index in [4.69, 9.17) is 5.73 Å². The molecule has 0 saturated carbocycles. The summed E-state index contributed by atoms with van der Waals surface area (Å²) in [7, 11) is -2.28. The maximum Gasteiger partial charge on any atom is 0.252 e. The van der Waals surface area contributed by atoms with Crippen LogP contribution in [0.3, 0.4) is 0 Å². The third-order valence-corrected chi connectivity index (χ3v) is 5.49. The summed E-state index contributed by atoms with van der Waals surface area (Å²) in [6.07, 6.45) is 0. The van der Waals surface area contributed by atoms with Crippen LogP contribution in [0.4, 0.5) is 0 Å². The quantitative estimate of drug-likeness (QED) is 0.884. The van der Waals surface area contributed by atoms with E-state index in [1.807, 2.05) is 0 Å². The van der Waals surface area contributed by atoms with E-state index in [1.54, 1.807) is 6.07 Å². The molecule has 0 saturated heterocycles. The van der Waals surface area contributed by atoms with Crippen molar-refractivity contribution in [1.29, 1.82) is 0 Å². The number of thiophene rings is 1. The van der Waals surface area contributed by atoms with E-state index in [2.05, 4.69) is 15.9 Å². The molecule has 0 aliphatic carbocycles. The lowest BCUT2D eigenvalue weighted by molar-refractivity contribution is -0.118. The lowest BCUT2D eigenvalue weighted by atomic mass is 10.6. The third-order valence-electron chi connectivity index (χ3n) is 1.59. The Bertz CT molecular complexity index is 468. The fourth-order valence-corrected chi connectivity index (χ4v) is 4.25. The Kier molecular flexibility index (Phi) is 3.87. The van der Waals surface area contributed by atoms with Crippen LogP contribution in [-0.2, 0) is 14.8 Å². The highest BCUT2D eigenvalue weighted by Gasteiger charge is 2.23. The largest absolute Gasteiger partial charge is 0.369 e. The number of sulfonamides is 1. The average Bonchev–Trinajstić information content (AvgIpc) is 2.50. The highest BCUT2D eigenvalue weighted by molar-refractivity contribution is 9.11. The van der Waals surface area contributed by atoms with Gasteiger partial charge >= 0.3 is 0 Å². The van der Waals surface area contributed by atoms with Crippen LogP contribution < -0.4 is 5.73 Å². The van der Waals surface area contributed by atoms with Gasteiger partial charge in [-0.2, -0.15) is 4.31 Å². The zero-order chi connectivity index (χ0) is 11.6. The number of nitrogens with two attached hydrogens (primary N) is 1. The lowest BCUT2D eigenvalue weighted by Gasteiger charge is -2.13. The summed E-state index contributed by atoms with van der Waals surface area (Å²) in [5.74, 6) is -0.684. The summed E-state index contributed by atoms with van der Waals surface area (Å²) >= 11 is 4.25. The van der Waals surface area contributed by atoms with E-state index in [0.717, 1.165) is 15.6 Å². The molecule has 1 aromatic rings. The highest BCUT2D eigenvalue weighted by Crippen LogP contribution is 2.27. The second kappa shape index (κ2) is 4.60. The summed E-state index contributed by atoms with van der Waals surface area (Å²) in [5, 5.41) is 0. The Balaban J connectivity index is 2.98. The van der Waals surface area contributed by atoms with E-state index < -0.39 is 15.9 Å². The minimum Gasteiger partial charge on any atom is -0.369 e. The Labute approximate surface area is 100 Å². The zero-order valence-corrected chi connectivity index (χ0v) is 11.0. The van der Waals surface area contributed by atoms with Crippen LogP contribution in [-0.4, -0.2) is 32.2 Å². The van der Waals surface area contributed by atoms with Crippen molar-refractivity contribution in [2.45, 2.75) is 4.21 Å². The number of likely N-dealkylation sites (N-methyl/N-ethyl adjacent to an activating group) is 1. The first-order valence-electron chi connectivity index (χ1n) is 3.84. The van der Waals surface area contributed by atoms with Gasteiger partial charge in [-0.05, 0) is 28.1 Å². The van der Waals surface area contributed by atoms with Gasteiger partial charge in [0.15, 0.2) is 0 Å². The molecule has 0 radical (unpaired) electrons. The number of primary amides is 1. The first-order valence-corrected chi connectivity index (χ1v) is 6.89. The van der Waals surface area contributed by atoms with Crippen LogP contribution in [0.25, 0.3) is 0 Å². The third kappa shape index (κ3) is 3.00. The smallest absolute Gasteiger partial charge is 0.252 e. The van der Waals surface area contributed by atoms with Gasteiger partial charge < -0.3 is 5.73 Å². The molecule has 0 aliphatic heterocycles. The SMILES string of the molecule is CN(CC(N)=O)S(=O)(=O)c1ccc(Br)s1. The number of amides is 1. The minimum absolute atomic E-state index is 0.179. The molecule has 8 heteroatoms. The molecule has 1 amide bonds. The van der Waals surface area contributed by atoms with Gasteiger partial charge in [0.2, 0.25) is 5.91 Å². The Morgan fingerprint density at radius 1 is 1.60 bits per heavy atom. The van der Waals surface area contributed by atoms with Gasteiger partial charge in [-0.25, -0.2) is 8.42 Å². The van der Waals surface area contributed by atoms with Gasteiger partial charge in [0.1, 0.15) is 4.21 Å². The number of nitrogens with zero attached hydrogens (tertiary/aromatic N) is 1. The van der Waals surface area contributed by atoms with Crippen molar-refractivity contribution in [2.24, 2.45) is 5.73 Å². The summed E-state index contributed by atoms with van der Waals surface area (Å²) in [4.78, 5) is 10.6. The topological polar surface area (TPSA) is 80.5 Å². The van der Waals surface area contributed by atoms with Gasteiger partial charge in [0.05, 0.1) is 10.3 Å². The van der Waals surface area contributed by atoms with Gasteiger partial charge in [-0.15, -0.1) is 11.3 Å². The first-order chi connectivity index (χ1) is 6.84. The van der Waals surface area contributed by atoms with E-state index in [9.17, 15) is 13.2 Å². The normalized spacial score (nSPS) is 11.9. The number of hydrogen-bond acceptors (Lipinski definition) is 4. The van der Waals surface area contributed by atoms with Crippen molar-refractivity contribution < 1.29 is 13.2 Å². The number of halogens is 1. The fraction of sp³-hybridized carbons (Fsp3) is 0.286. The molecule has 84 valence electrons. The second-order valence-corrected chi connectivity index (χ2v) is 7.52. The number of hydrogen-bond donors (Lipinski definition) is 1. The van der Waals surface area contributed by atoms with Crippen LogP contribution in [0.15, 0.2) is 20.1 Å². The van der Waals surface area contributed by atoms with E-state index in [0.29, 0.717) is 3.79 Å². The Morgan fingerprint density at radius 2 is 2.20 bits per heavy atom. The van der Waals surface area contributed by atoms with Gasteiger partial charge in [-0.1, -0.05) is 0 Å². The molecular formula is C7H9BrN2O3S2. The second-order valence-electron chi connectivity index (χ2n) is 2.79. The van der Waals surface area contributed by atoms with Crippen LogP contribution >= 0.6 is 27.3 Å². The average molecular weight is 313 g/mol. The number of carbonyl (C=O) groups is 1. The van der Waals surface area contributed by atoms with Crippen molar-refractivity contribution in [3.63, 3.8) is 0 Å². The molecule has 2 N–H and O–H groups in total. The van der Waals surface area contributed by atoms with Crippen LogP contribution in [0.2, 0.25) is 0 Å². The van der Waals surface area contributed by atoms with Gasteiger partial charge in [0.25, 0.3) is 10.0 Å². The summed E-state index contributed by atoms with van der Waals surface area (Å²) in [6.45, 7) is -0.322. The zero-order valence-electron chi connectivity index (χ0n) is 7.81. The first kappa shape index (κ1) is 12.6.